The molecular formula is C35H40P+. The molecular weight excluding hydrogens is 451 g/mol. The van der Waals surface area contributed by atoms with E-state index in [4.69, 9.17) is 0 Å². The Morgan fingerprint density at radius 2 is 1.00 bits per heavy atom. The summed E-state index contributed by atoms with van der Waals surface area (Å²) in [5.74, 6) is 0. The third-order valence-electron chi connectivity index (χ3n) is 7.08. The smallest absolute Gasteiger partial charge is 0.0839 e. The minimum absolute atomic E-state index is 1.02. The van der Waals surface area contributed by atoms with Crippen molar-refractivity contribution < 1.29 is 0 Å². The molecule has 36 heavy (non-hydrogen) atoms. The third-order valence-corrected chi connectivity index (χ3v) is 11.4. The first-order chi connectivity index (χ1) is 17.8. The van der Waals surface area contributed by atoms with E-state index in [2.05, 4.69) is 134 Å². The van der Waals surface area contributed by atoms with E-state index in [-0.39, 0.29) is 0 Å². The number of benzene rings is 4. The quantitative estimate of drug-likeness (QED) is 0.129. The molecule has 0 aliphatic rings. The van der Waals surface area contributed by atoms with Crippen LogP contribution in [0.5, 0.6) is 0 Å². The molecule has 0 radical (unpaired) electrons. The lowest BCUT2D eigenvalue weighted by atomic mass is 10.1. The molecule has 0 fully saturated rings. The largest absolute Gasteiger partial charge is 0.116 e. The van der Waals surface area contributed by atoms with Crippen LogP contribution in [0.25, 0.3) is 6.08 Å². The highest BCUT2D eigenvalue weighted by Crippen LogP contribution is 2.58. The van der Waals surface area contributed by atoms with Crippen LogP contribution < -0.4 is 15.9 Å². The fraction of sp³-hybridized carbons (Fsp3) is 0.257. The summed E-state index contributed by atoms with van der Waals surface area (Å²) >= 11 is 0. The van der Waals surface area contributed by atoms with Gasteiger partial charge in [-0.05, 0) is 60.4 Å². The van der Waals surface area contributed by atoms with Crippen LogP contribution in [-0.2, 0) is 6.16 Å². The van der Waals surface area contributed by atoms with Crippen molar-refractivity contribution in [3.63, 3.8) is 0 Å². The van der Waals surface area contributed by atoms with E-state index in [1.807, 2.05) is 0 Å². The number of rotatable bonds is 13. The number of hydrogen-bond acceptors (Lipinski definition) is 0. The van der Waals surface area contributed by atoms with Gasteiger partial charge in [0.25, 0.3) is 0 Å². The van der Waals surface area contributed by atoms with Gasteiger partial charge in [0, 0.05) is 0 Å². The van der Waals surface area contributed by atoms with Crippen molar-refractivity contribution in [3.05, 3.63) is 132 Å². The summed E-state index contributed by atoms with van der Waals surface area (Å²) in [6, 6.07) is 42.6. The van der Waals surface area contributed by atoms with Gasteiger partial charge in [0.1, 0.15) is 23.2 Å². The fourth-order valence-electron chi connectivity index (χ4n) is 5.12. The maximum absolute atomic E-state index is 2.40. The van der Waals surface area contributed by atoms with Gasteiger partial charge in [0.2, 0.25) is 0 Å². The second-order valence-electron chi connectivity index (χ2n) is 9.63. The Labute approximate surface area is 219 Å². The second kappa shape index (κ2) is 14.0. The van der Waals surface area contributed by atoms with Crippen LogP contribution in [0.3, 0.4) is 0 Å². The van der Waals surface area contributed by atoms with Crippen LogP contribution in [0.15, 0.2) is 121 Å². The van der Waals surface area contributed by atoms with Crippen LogP contribution >= 0.6 is 7.26 Å². The molecule has 0 saturated heterocycles. The molecule has 0 aromatic heterocycles. The lowest BCUT2D eigenvalue weighted by molar-refractivity contribution is 0.611. The van der Waals surface area contributed by atoms with Crippen molar-refractivity contribution in [2.45, 2.75) is 58.0 Å². The lowest BCUT2D eigenvalue weighted by Gasteiger charge is -2.28. The highest BCUT2D eigenvalue weighted by molar-refractivity contribution is 7.95. The van der Waals surface area contributed by atoms with Gasteiger partial charge in [-0.2, -0.15) is 0 Å². The van der Waals surface area contributed by atoms with Crippen LogP contribution in [0.2, 0.25) is 0 Å². The van der Waals surface area contributed by atoms with Gasteiger partial charge in [0.15, 0.2) is 0 Å². The maximum atomic E-state index is 2.40. The average molecular weight is 492 g/mol. The molecule has 0 unspecified atom stereocenters. The van der Waals surface area contributed by atoms with E-state index in [9.17, 15) is 0 Å². The summed E-state index contributed by atoms with van der Waals surface area (Å²) in [5.41, 5.74) is 2.79. The molecule has 0 nitrogen and oxygen atoms in total. The number of hydrogen-bond donors (Lipinski definition) is 0. The first-order valence-electron chi connectivity index (χ1n) is 13.6. The molecule has 4 rings (SSSR count). The predicted octanol–water partition coefficient (Wildman–Crippen LogP) is 8.94. The van der Waals surface area contributed by atoms with Crippen molar-refractivity contribution in [1.82, 2.24) is 0 Å². The van der Waals surface area contributed by atoms with Crippen molar-refractivity contribution in [2.24, 2.45) is 0 Å². The first-order valence-corrected chi connectivity index (χ1v) is 15.6. The van der Waals surface area contributed by atoms with E-state index in [0.29, 0.717) is 0 Å². The van der Waals surface area contributed by atoms with Crippen molar-refractivity contribution >= 4 is 29.3 Å². The molecule has 0 atom stereocenters. The van der Waals surface area contributed by atoms with E-state index >= 15 is 0 Å². The molecule has 1 heteroatoms. The predicted molar refractivity (Wildman–Crippen MR) is 162 cm³/mol. The summed E-state index contributed by atoms with van der Waals surface area (Å²) < 4.78 is 0. The summed E-state index contributed by atoms with van der Waals surface area (Å²) in [7, 11) is -1.90. The number of unbranched alkanes of at least 4 members (excludes halogenated alkanes) is 6. The molecule has 0 aliphatic carbocycles. The molecule has 0 aliphatic heterocycles. The van der Waals surface area contributed by atoms with Gasteiger partial charge in [-0.25, -0.2) is 0 Å². The van der Waals surface area contributed by atoms with Gasteiger partial charge in [-0.3, -0.25) is 0 Å². The topological polar surface area (TPSA) is 0 Å². The first kappa shape index (κ1) is 26.1. The zero-order chi connectivity index (χ0) is 24.9. The molecule has 4 aromatic rings. The third kappa shape index (κ3) is 6.63. The van der Waals surface area contributed by atoms with Gasteiger partial charge in [-0.15, -0.1) is 0 Å². The molecule has 0 spiro atoms. The standard InChI is InChI=1S/C35H40P/c1-2-3-4-5-6-7-8-12-21-31-22-19-20-23-32(31)30-36(33-24-13-9-14-25-33,34-26-15-10-16-27-34)35-28-17-11-18-29-35/h9-29H,2-8,30H2,1H3/q+1/b21-12+. The number of allylic oxidation sites excluding steroid dienone is 1. The Bertz CT molecular complexity index is 1080. The van der Waals surface area contributed by atoms with Crippen LogP contribution in [0, 0.1) is 0 Å². The Morgan fingerprint density at radius 3 is 1.56 bits per heavy atom. The highest BCUT2D eigenvalue weighted by atomic mass is 31.2. The van der Waals surface area contributed by atoms with E-state index in [0.717, 1.165) is 12.6 Å². The average Bonchev–Trinajstić information content (AvgIpc) is 2.95. The Kier molecular flexibility index (Phi) is 10.1. The second-order valence-corrected chi connectivity index (χ2v) is 13.1. The van der Waals surface area contributed by atoms with E-state index in [1.54, 1.807) is 0 Å². The molecule has 0 bridgehead atoms. The van der Waals surface area contributed by atoms with Gasteiger partial charge in [0.05, 0.1) is 6.16 Å². The fourth-order valence-corrected chi connectivity index (χ4v) is 9.40. The zero-order valence-corrected chi connectivity index (χ0v) is 22.6. The van der Waals surface area contributed by atoms with Crippen molar-refractivity contribution in [1.29, 1.82) is 0 Å². The molecule has 0 N–H and O–H groups in total. The normalized spacial score (nSPS) is 11.7. The summed E-state index contributed by atoms with van der Waals surface area (Å²) in [6.07, 6.45) is 15.0. The minimum Gasteiger partial charge on any atom is -0.0839 e. The van der Waals surface area contributed by atoms with Gasteiger partial charge in [-0.1, -0.05) is 130 Å². The lowest BCUT2D eigenvalue weighted by Crippen LogP contribution is -2.32. The summed E-state index contributed by atoms with van der Waals surface area (Å²) in [6.45, 7) is 2.28. The van der Waals surface area contributed by atoms with Crippen molar-refractivity contribution in [2.75, 3.05) is 0 Å². The minimum atomic E-state index is -1.90. The Hall–Kier alpha value is -2.95. The van der Waals surface area contributed by atoms with Crippen molar-refractivity contribution in [3.8, 4) is 0 Å². The molecule has 0 heterocycles. The van der Waals surface area contributed by atoms with E-state index < -0.39 is 7.26 Å². The van der Waals surface area contributed by atoms with E-state index in [1.165, 1.54) is 65.6 Å². The van der Waals surface area contributed by atoms with Crippen LogP contribution in [-0.4, -0.2) is 0 Å². The molecule has 184 valence electrons. The summed E-state index contributed by atoms with van der Waals surface area (Å²) in [5, 5.41) is 4.31. The summed E-state index contributed by atoms with van der Waals surface area (Å²) in [4.78, 5) is 0. The zero-order valence-electron chi connectivity index (χ0n) is 21.7. The SMILES string of the molecule is CCCCCCCC/C=C/c1ccccc1C[P+](c1ccccc1)(c1ccccc1)c1ccccc1. The van der Waals surface area contributed by atoms with Gasteiger partial charge < -0.3 is 0 Å². The Balaban J connectivity index is 1.68. The Morgan fingerprint density at radius 1 is 0.528 bits per heavy atom. The maximum Gasteiger partial charge on any atom is 0.116 e. The molecule has 4 aromatic carbocycles. The van der Waals surface area contributed by atoms with Gasteiger partial charge >= 0.3 is 0 Å². The monoisotopic (exact) mass is 491 g/mol. The molecule has 0 saturated carbocycles. The van der Waals surface area contributed by atoms with Crippen LogP contribution in [0.4, 0.5) is 0 Å². The van der Waals surface area contributed by atoms with Crippen LogP contribution in [0.1, 0.15) is 63.0 Å². The molecule has 0 amide bonds. The highest BCUT2D eigenvalue weighted by Gasteiger charge is 2.45.